The third-order valence-electron chi connectivity index (χ3n) is 4.76. The predicted octanol–water partition coefficient (Wildman–Crippen LogP) is 2.27. The molecule has 0 bridgehead atoms. The lowest BCUT2D eigenvalue weighted by atomic mass is 10.1. The monoisotopic (exact) mass is 365 g/mol. The Balaban J connectivity index is 1.70. The van der Waals surface area contributed by atoms with Gasteiger partial charge in [0.15, 0.2) is 0 Å². The summed E-state index contributed by atoms with van der Waals surface area (Å²) in [5.41, 5.74) is 1.94. The van der Waals surface area contributed by atoms with Gasteiger partial charge in [-0.25, -0.2) is 0 Å². The molecule has 2 aromatic rings. The molecule has 0 N–H and O–H groups in total. The van der Waals surface area contributed by atoms with E-state index in [0.717, 1.165) is 12.1 Å². The maximum atomic E-state index is 12.8. The second kappa shape index (κ2) is 8.49. The van der Waals surface area contributed by atoms with Crippen LogP contribution in [0.25, 0.3) is 0 Å². The van der Waals surface area contributed by atoms with Gasteiger partial charge in [-0.15, -0.1) is 0 Å². The summed E-state index contributed by atoms with van der Waals surface area (Å²) in [5.74, 6) is -0.169. The molecule has 0 saturated carbocycles. The summed E-state index contributed by atoms with van der Waals surface area (Å²) < 4.78 is 0. The van der Waals surface area contributed by atoms with Crippen molar-refractivity contribution < 1.29 is 14.4 Å². The Hall–Kier alpha value is -3.15. The minimum absolute atomic E-state index is 0.0741. The van der Waals surface area contributed by atoms with Crippen LogP contribution in [0.2, 0.25) is 0 Å². The zero-order chi connectivity index (χ0) is 19.2. The lowest BCUT2D eigenvalue weighted by molar-refractivity contribution is -0.119. The average Bonchev–Trinajstić information content (AvgIpc) is 2.74. The Morgan fingerprint density at radius 1 is 0.926 bits per heavy atom. The average molecular weight is 365 g/mol. The van der Waals surface area contributed by atoms with Crippen LogP contribution < -0.4 is 4.90 Å². The van der Waals surface area contributed by atoms with Gasteiger partial charge in [-0.3, -0.25) is 14.4 Å². The van der Waals surface area contributed by atoms with Gasteiger partial charge in [-0.1, -0.05) is 18.2 Å². The number of carbonyl (C=O) groups excluding carboxylic acids is 3. The molecule has 6 heteroatoms. The van der Waals surface area contributed by atoms with Crippen molar-refractivity contribution in [2.24, 2.45) is 0 Å². The van der Waals surface area contributed by atoms with Gasteiger partial charge in [-0.2, -0.15) is 0 Å². The van der Waals surface area contributed by atoms with Crippen LogP contribution in [0.1, 0.15) is 27.6 Å². The summed E-state index contributed by atoms with van der Waals surface area (Å²) in [5, 5.41) is 0. The lowest BCUT2D eigenvalue weighted by Gasteiger charge is -2.32. The third kappa shape index (κ3) is 4.16. The molecule has 0 aliphatic carbocycles. The second-order valence-electron chi connectivity index (χ2n) is 6.40. The van der Waals surface area contributed by atoms with Gasteiger partial charge >= 0.3 is 0 Å². The summed E-state index contributed by atoms with van der Waals surface area (Å²) in [4.78, 5) is 41.3. The molecule has 0 spiro atoms. The SMILES string of the molecule is CCN(C(=O)c1ccc(C(=O)N2CCN(C=O)CC2)cc1)c1ccccc1. The van der Waals surface area contributed by atoms with Crippen molar-refractivity contribution in [2.45, 2.75) is 6.92 Å². The highest BCUT2D eigenvalue weighted by Crippen LogP contribution is 2.17. The second-order valence-corrected chi connectivity index (χ2v) is 6.40. The Bertz CT molecular complexity index is 797. The molecule has 3 amide bonds. The summed E-state index contributed by atoms with van der Waals surface area (Å²) >= 11 is 0. The molecule has 1 saturated heterocycles. The van der Waals surface area contributed by atoms with Crippen molar-refractivity contribution in [3.8, 4) is 0 Å². The van der Waals surface area contributed by atoms with E-state index >= 15 is 0 Å². The van der Waals surface area contributed by atoms with Crippen LogP contribution in [0.4, 0.5) is 5.69 Å². The van der Waals surface area contributed by atoms with Gasteiger partial charge in [0.25, 0.3) is 11.8 Å². The zero-order valence-electron chi connectivity index (χ0n) is 15.4. The fourth-order valence-corrected chi connectivity index (χ4v) is 3.18. The minimum atomic E-state index is -0.0951. The van der Waals surface area contributed by atoms with Gasteiger partial charge in [0.2, 0.25) is 6.41 Å². The highest BCUT2D eigenvalue weighted by molar-refractivity contribution is 6.06. The number of carbonyl (C=O) groups is 3. The van der Waals surface area contributed by atoms with Crippen LogP contribution in [-0.2, 0) is 4.79 Å². The molecular formula is C21H23N3O3. The van der Waals surface area contributed by atoms with Crippen LogP contribution in [0, 0.1) is 0 Å². The van der Waals surface area contributed by atoms with E-state index in [1.54, 1.807) is 39.0 Å². The maximum absolute atomic E-state index is 12.8. The number of hydrogen-bond acceptors (Lipinski definition) is 3. The first-order chi connectivity index (χ1) is 13.1. The molecule has 0 unspecified atom stereocenters. The molecule has 140 valence electrons. The van der Waals surface area contributed by atoms with Gasteiger partial charge in [0, 0.05) is 49.5 Å². The van der Waals surface area contributed by atoms with E-state index < -0.39 is 0 Å². The highest BCUT2D eigenvalue weighted by atomic mass is 16.2. The molecule has 1 aliphatic heterocycles. The van der Waals surface area contributed by atoms with Crippen molar-refractivity contribution in [3.05, 3.63) is 65.7 Å². The minimum Gasteiger partial charge on any atom is -0.342 e. The van der Waals surface area contributed by atoms with Crippen LogP contribution in [0.3, 0.4) is 0 Å². The summed E-state index contributed by atoms with van der Waals surface area (Å²) in [6, 6.07) is 16.3. The summed E-state index contributed by atoms with van der Waals surface area (Å²) in [6.07, 6.45) is 0.814. The smallest absolute Gasteiger partial charge is 0.258 e. The number of piperazine rings is 1. The Morgan fingerprint density at radius 2 is 1.52 bits per heavy atom. The lowest BCUT2D eigenvalue weighted by Crippen LogP contribution is -2.48. The third-order valence-corrected chi connectivity index (χ3v) is 4.76. The Labute approximate surface area is 159 Å². The molecule has 2 aromatic carbocycles. The topological polar surface area (TPSA) is 60.9 Å². The predicted molar refractivity (Wildman–Crippen MR) is 104 cm³/mol. The normalized spacial score (nSPS) is 14.0. The van der Waals surface area contributed by atoms with Gasteiger partial charge < -0.3 is 14.7 Å². The number of nitrogens with zero attached hydrogens (tertiary/aromatic N) is 3. The van der Waals surface area contributed by atoms with E-state index in [9.17, 15) is 14.4 Å². The van der Waals surface area contributed by atoms with E-state index in [2.05, 4.69) is 0 Å². The molecule has 0 atom stereocenters. The zero-order valence-corrected chi connectivity index (χ0v) is 15.4. The first-order valence-electron chi connectivity index (χ1n) is 9.09. The number of amides is 3. The molecule has 1 fully saturated rings. The molecule has 1 heterocycles. The number of rotatable bonds is 5. The quantitative estimate of drug-likeness (QED) is 0.764. The first kappa shape index (κ1) is 18.6. The van der Waals surface area contributed by atoms with E-state index in [1.807, 2.05) is 37.3 Å². The van der Waals surface area contributed by atoms with Crippen molar-refractivity contribution in [1.29, 1.82) is 0 Å². The number of para-hydroxylation sites is 1. The molecule has 3 rings (SSSR count). The van der Waals surface area contributed by atoms with Crippen LogP contribution >= 0.6 is 0 Å². The molecule has 6 nitrogen and oxygen atoms in total. The van der Waals surface area contributed by atoms with Crippen molar-refractivity contribution in [3.63, 3.8) is 0 Å². The standard InChI is InChI=1S/C21H23N3O3/c1-2-24(19-6-4-3-5-7-19)21(27)18-10-8-17(9-11-18)20(26)23-14-12-22(16-25)13-15-23/h3-11,16H,2,12-15H2,1H3. The largest absolute Gasteiger partial charge is 0.342 e. The van der Waals surface area contributed by atoms with Crippen molar-refractivity contribution in [1.82, 2.24) is 9.80 Å². The van der Waals surface area contributed by atoms with Crippen LogP contribution in [0.5, 0.6) is 0 Å². The van der Waals surface area contributed by atoms with Crippen LogP contribution in [-0.4, -0.2) is 60.7 Å². The maximum Gasteiger partial charge on any atom is 0.258 e. The fraction of sp³-hybridized carbons (Fsp3) is 0.286. The van der Waals surface area contributed by atoms with E-state index in [-0.39, 0.29) is 11.8 Å². The number of benzene rings is 2. The Morgan fingerprint density at radius 3 is 2.07 bits per heavy atom. The van der Waals surface area contributed by atoms with Gasteiger partial charge in [0.1, 0.15) is 0 Å². The van der Waals surface area contributed by atoms with Gasteiger partial charge in [-0.05, 0) is 43.3 Å². The summed E-state index contributed by atoms with van der Waals surface area (Å²) in [7, 11) is 0. The van der Waals surface area contributed by atoms with E-state index in [4.69, 9.17) is 0 Å². The summed E-state index contributed by atoms with van der Waals surface area (Å²) in [6.45, 7) is 4.64. The van der Waals surface area contributed by atoms with Gasteiger partial charge in [0.05, 0.1) is 0 Å². The van der Waals surface area contributed by atoms with E-state index in [0.29, 0.717) is 43.9 Å². The van der Waals surface area contributed by atoms with Crippen molar-refractivity contribution >= 4 is 23.9 Å². The fourth-order valence-electron chi connectivity index (χ4n) is 3.18. The molecular weight excluding hydrogens is 342 g/mol. The number of anilines is 1. The molecule has 1 aliphatic rings. The molecule has 0 radical (unpaired) electrons. The van der Waals surface area contributed by atoms with Crippen LogP contribution in [0.15, 0.2) is 54.6 Å². The molecule has 27 heavy (non-hydrogen) atoms. The number of hydrogen-bond donors (Lipinski definition) is 0. The molecule has 0 aromatic heterocycles. The van der Waals surface area contributed by atoms with Crippen molar-refractivity contribution in [2.75, 3.05) is 37.6 Å². The highest BCUT2D eigenvalue weighted by Gasteiger charge is 2.22. The van der Waals surface area contributed by atoms with E-state index in [1.165, 1.54) is 0 Å². The Kier molecular flexibility index (Phi) is 5.86. The first-order valence-corrected chi connectivity index (χ1v) is 9.09.